The summed E-state index contributed by atoms with van der Waals surface area (Å²) in [6.07, 6.45) is 0. The fourth-order valence-electron chi connectivity index (χ4n) is 2.91. The number of hydrogen-bond acceptors (Lipinski definition) is 2. The third kappa shape index (κ3) is 1.51. The van der Waals surface area contributed by atoms with Crippen LogP contribution in [0.25, 0.3) is 0 Å². The number of halogens is 2. The molecule has 5 heteroatoms. The molecule has 1 atom stereocenters. The predicted octanol–water partition coefficient (Wildman–Crippen LogP) is 3.89. The molecule has 20 heavy (non-hydrogen) atoms. The lowest BCUT2D eigenvalue weighted by molar-refractivity contribution is 0.0499. The molecule has 3 nitrogen and oxygen atoms in total. The number of hydrogen-bond donors (Lipinski definition) is 0. The van der Waals surface area contributed by atoms with Crippen LogP contribution in [0.15, 0.2) is 36.4 Å². The van der Waals surface area contributed by atoms with Crippen LogP contribution >= 0.6 is 23.2 Å². The Morgan fingerprint density at radius 1 is 1.15 bits per heavy atom. The van der Waals surface area contributed by atoms with Gasteiger partial charge in [-0.25, -0.2) is 0 Å². The zero-order chi connectivity index (χ0) is 13.9. The van der Waals surface area contributed by atoms with Gasteiger partial charge >= 0.3 is 0 Å². The first-order valence-corrected chi connectivity index (χ1v) is 6.94. The van der Waals surface area contributed by atoms with Gasteiger partial charge in [-0.3, -0.25) is 9.69 Å². The molecule has 2 aliphatic rings. The van der Waals surface area contributed by atoms with E-state index in [1.165, 1.54) is 0 Å². The average Bonchev–Trinajstić information content (AvgIpc) is 2.73. The number of amides is 1. The zero-order valence-corrected chi connectivity index (χ0v) is 11.8. The van der Waals surface area contributed by atoms with Crippen molar-refractivity contribution in [1.82, 2.24) is 4.90 Å². The SMILES string of the molecule is O=C1c2ccccc2C2c3cc(Cl)cc(Cl)c3OCN12. The third-order valence-electron chi connectivity index (χ3n) is 3.74. The maximum atomic E-state index is 12.4. The summed E-state index contributed by atoms with van der Waals surface area (Å²) in [7, 11) is 0. The number of benzene rings is 2. The largest absolute Gasteiger partial charge is 0.471 e. The van der Waals surface area contributed by atoms with Crippen LogP contribution in [-0.4, -0.2) is 17.5 Å². The fraction of sp³-hybridized carbons (Fsp3) is 0.133. The first-order chi connectivity index (χ1) is 9.66. The number of carbonyl (C=O) groups excluding carboxylic acids is 1. The van der Waals surface area contributed by atoms with Crippen molar-refractivity contribution in [3.8, 4) is 5.75 Å². The van der Waals surface area contributed by atoms with Gasteiger partial charge in [0, 0.05) is 16.1 Å². The molecule has 0 bridgehead atoms. The van der Waals surface area contributed by atoms with E-state index in [9.17, 15) is 4.79 Å². The van der Waals surface area contributed by atoms with E-state index in [1.807, 2.05) is 30.3 Å². The fourth-order valence-corrected chi connectivity index (χ4v) is 3.47. The molecule has 2 aromatic rings. The second kappa shape index (κ2) is 4.14. The highest BCUT2D eigenvalue weighted by atomic mass is 35.5. The van der Waals surface area contributed by atoms with Crippen molar-refractivity contribution in [3.05, 3.63) is 63.1 Å². The molecular formula is C15H9Cl2NO2. The van der Waals surface area contributed by atoms with Crippen molar-refractivity contribution in [2.24, 2.45) is 0 Å². The number of fused-ring (bicyclic) bond motifs is 5. The minimum absolute atomic E-state index is 0.0210. The average molecular weight is 306 g/mol. The van der Waals surface area contributed by atoms with Crippen molar-refractivity contribution in [2.45, 2.75) is 6.04 Å². The minimum Gasteiger partial charge on any atom is -0.471 e. The monoisotopic (exact) mass is 305 g/mol. The molecule has 1 amide bonds. The molecule has 0 radical (unpaired) electrons. The zero-order valence-electron chi connectivity index (χ0n) is 10.3. The summed E-state index contributed by atoms with van der Waals surface area (Å²) >= 11 is 12.3. The number of rotatable bonds is 0. The molecule has 0 saturated heterocycles. The lowest BCUT2D eigenvalue weighted by Crippen LogP contribution is -2.36. The maximum Gasteiger partial charge on any atom is 0.257 e. The van der Waals surface area contributed by atoms with Crippen molar-refractivity contribution in [3.63, 3.8) is 0 Å². The van der Waals surface area contributed by atoms with E-state index in [1.54, 1.807) is 11.0 Å². The van der Waals surface area contributed by atoms with Gasteiger partial charge in [0.15, 0.2) is 6.73 Å². The number of carbonyl (C=O) groups is 1. The molecule has 0 saturated carbocycles. The third-order valence-corrected chi connectivity index (χ3v) is 4.24. The second-order valence-electron chi connectivity index (χ2n) is 4.84. The molecule has 4 rings (SSSR count). The van der Waals surface area contributed by atoms with Gasteiger partial charge in [-0.15, -0.1) is 0 Å². The van der Waals surface area contributed by atoms with Crippen LogP contribution in [0.1, 0.15) is 27.5 Å². The molecular weight excluding hydrogens is 297 g/mol. The van der Waals surface area contributed by atoms with Crippen LogP contribution in [0.2, 0.25) is 10.0 Å². The molecule has 2 aliphatic heterocycles. The van der Waals surface area contributed by atoms with Crippen LogP contribution in [-0.2, 0) is 0 Å². The van der Waals surface area contributed by atoms with Gasteiger partial charge in [0.05, 0.1) is 11.1 Å². The van der Waals surface area contributed by atoms with Gasteiger partial charge in [-0.2, -0.15) is 0 Å². The summed E-state index contributed by atoms with van der Waals surface area (Å²) in [4.78, 5) is 14.1. The highest BCUT2D eigenvalue weighted by Gasteiger charge is 2.42. The van der Waals surface area contributed by atoms with Gasteiger partial charge in [0.1, 0.15) is 5.75 Å². The van der Waals surface area contributed by atoms with Crippen LogP contribution in [0.5, 0.6) is 5.75 Å². The Morgan fingerprint density at radius 2 is 1.95 bits per heavy atom. The van der Waals surface area contributed by atoms with E-state index in [2.05, 4.69) is 0 Å². The first-order valence-electron chi connectivity index (χ1n) is 6.18. The summed E-state index contributed by atoms with van der Waals surface area (Å²) in [6, 6.07) is 10.9. The molecule has 0 aliphatic carbocycles. The number of nitrogens with zero attached hydrogens (tertiary/aromatic N) is 1. The van der Waals surface area contributed by atoms with Crippen molar-refractivity contribution < 1.29 is 9.53 Å². The Bertz CT molecular complexity index is 745. The molecule has 0 N–H and O–H groups in total. The van der Waals surface area contributed by atoms with Crippen LogP contribution in [0, 0.1) is 0 Å². The Labute approximate surface area is 125 Å². The van der Waals surface area contributed by atoms with Gasteiger partial charge in [-0.05, 0) is 23.8 Å². The second-order valence-corrected chi connectivity index (χ2v) is 5.69. The van der Waals surface area contributed by atoms with E-state index >= 15 is 0 Å². The van der Waals surface area contributed by atoms with Gasteiger partial charge in [0.2, 0.25) is 0 Å². The quantitative estimate of drug-likeness (QED) is 0.739. The van der Waals surface area contributed by atoms with E-state index in [0.29, 0.717) is 21.4 Å². The van der Waals surface area contributed by atoms with Crippen LogP contribution in [0.3, 0.4) is 0 Å². The topological polar surface area (TPSA) is 29.5 Å². The highest BCUT2D eigenvalue weighted by molar-refractivity contribution is 6.35. The van der Waals surface area contributed by atoms with Gasteiger partial charge in [0.25, 0.3) is 5.91 Å². The molecule has 2 aromatic carbocycles. The van der Waals surface area contributed by atoms with Crippen LogP contribution < -0.4 is 4.74 Å². The molecule has 0 aromatic heterocycles. The molecule has 2 heterocycles. The summed E-state index contributed by atoms with van der Waals surface area (Å²) in [6.45, 7) is 0.201. The summed E-state index contributed by atoms with van der Waals surface area (Å²) < 4.78 is 5.64. The van der Waals surface area contributed by atoms with Crippen molar-refractivity contribution >= 4 is 29.1 Å². The predicted molar refractivity (Wildman–Crippen MR) is 76.4 cm³/mol. The van der Waals surface area contributed by atoms with E-state index in [4.69, 9.17) is 27.9 Å². The summed E-state index contributed by atoms with van der Waals surface area (Å²) in [5, 5.41) is 1.01. The van der Waals surface area contributed by atoms with Crippen molar-refractivity contribution in [2.75, 3.05) is 6.73 Å². The van der Waals surface area contributed by atoms with Crippen LogP contribution in [0.4, 0.5) is 0 Å². The standard InChI is InChI=1S/C15H9Cl2NO2/c16-8-5-11-13-9-3-1-2-4-10(9)15(19)18(13)7-20-14(11)12(17)6-8/h1-6,13H,7H2. The van der Waals surface area contributed by atoms with E-state index < -0.39 is 0 Å². The van der Waals surface area contributed by atoms with Gasteiger partial charge in [-0.1, -0.05) is 41.4 Å². The lowest BCUT2D eigenvalue weighted by Gasteiger charge is -2.32. The number of ether oxygens (including phenoxy) is 1. The first kappa shape index (κ1) is 12.1. The molecule has 0 spiro atoms. The normalized spacial score (nSPS) is 19.2. The molecule has 100 valence electrons. The highest BCUT2D eigenvalue weighted by Crippen LogP contribution is 2.47. The molecule has 1 unspecified atom stereocenters. The van der Waals surface area contributed by atoms with E-state index in [0.717, 1.165) is 11.1 Å². The Hall–Kier alpha value is -1.71. The summed E-state index contributed by atoms with van der Waals surface area (Å²) in [5.74, 6) is 0.592. The smallest absolute Gasteiger partial charge is 0.257 e. The Balaban J connectivity index is 1.99. The maximum absolute atomic E-state index is 12.4. The minimum atomic E-state index is -0.168. The molecule has 0 fully saturated rings. The van der Waals surface area contributed by atoms with E-state index in [-0.39, 0.29) is 18.7 Å². The Morgan fingerprint density at radius 3 is 2.80 bits per heavy atom. The Kier molecular flexibility index (Phi) is 2.50. The van der Waals surface area contributed by atoms with Crippen molar-refractivity contribution in [1.29, 1.82) is 0 Å². The summed E-state index contributed by atoms with van der Waals surface area (Å²) in [5.41, 5.74) is 2.53. The lowest BCUT2D eigenvalue weighted by atomic mass is 9.96. The van der Waals surface area contributed by atoms with Gasteiger partial charge < -0.3 is 4.74 Å².